The molecular formula is C10H16N2OS. The summed E-state index contributed by atoms with van der Waals surface area (Å²) in [6.07, 6.45) is 8.46. The van der Waals surface area contributed by atoms with Gasteiger partial charge in [-0.25, -0.2) is 0 Å². The minimum Gasteiger partial charge on any atom is -0.315 e. The van der Waals surface area contributed by atoms with Crippen molar-refractivity contribution in [3.05, 3.63) is 12.3 Å². The maximum Gasteiger partial charge on any atom is 0.228 e. The molecule has 0 N–H and O–H groups in total. The van der Waals surface area contributed by atoms with Gasteiger partial charge in [0, 0.05) is 31.8 Å². The average molecular weight is 212 g/mol. The largest absolute Gasteiger partial charge is 0.315 e. The fraction of sp³-hybridized carbons (Fsp3) is 0.700. The van der Waals surface area contributed by atoms with Gasteiger partial charge < -0.3 is 4.90 Å². The smallest absolute Gasteiger partial charge is 0.228 e. The predicted octanol–water partition coefficient (Wildman–Crippen LogP) is 1.43. The highest BCUT2D eigenvalue weighted by Gasteiger charge is 2.35. The van der Waals surface area contributed by atoms with E-state index < -0.39 is 0 Å². The Kier molecular flexibility index (Phi) is 3.13. The highest BCUT2D eigenvalue weighted by molar-refractivity contribution is 7.77. The van der Waals surface area contributed by atoms with Gasteiger partial charge >= 0.3 is 0 Å². The van der Waals surface area contributed by atoms with Crippen LogP contribution in [0.15, 0.2) is 12.3 Å². The Balaban J connectivity index is 0.000000112. The van der Waals surface area contributed by atoms with Crippen molar-refractivity contribution in [2.24, 2.45) is 0 Å². The van der Waals surface area contributed by atoms with Crippen LogP contribution in [0.4, 0.5) is 0 Å². The van der Waals surface area contributed by atoms with E-state index in [2.05, 4.69) is 23.2 Å². The standard InChI is InChI=1S/C6H7NO.C4H9NS/c8-6-4-5-2-1-3-7(5)6;6-5-3-1-2-4-5/h1,3,5H,2,4H2;6H,1-4H2/t5-;/m1./s1. The third kappa shape index (κ3) is 2.12. The Morgan fingerprint density at radius 2 is 2.07 bits per heavy atom. The first-order chi connectivity index (χ1) is 6.77. The molecule has 0 spiro atoms. The van der Waals surface area contributed by atoms with Crippen molar-refractivity contribution in [2.45, 2.75) is 31.7 Å². The second kappa shape index (κ2) is 4.36. The van der Waals surface area contributed by atoms with E-state index in [0.717, 1.165) is 12.8 Å². The Morgan fingerprint density at radius 1 is 1.36 bits per heavy atom. The van der Waals surface area contributed by atoms with Gasteiger partial charge in [0.1, 0.15) is 0 Å². The minimum absolute atomic E-state index is 0.281. The van der Waals surface area contributed by atoms with E-state index in [0.29, 0.717) is 6.04 Å². The lowest BCUT2D eigenvalue weighted by Crippen LogP contribution is -2.45. The highest BCUT2D eigenvalue weighted by Crippen LogP contribution is 2.27. The number of thiol groups is 1. The lowest BCUT2D eigenvalue weighted by Gasteiger charge is -2.32. The third-order valence-electron chi connectivity index (χ3n) is 2.85. The zero-order chi connectivity index (χ0) is 9.97. The number of hydrogen-bond donors (Lipinski definition) is 1. The highest BCUT2D eigenvalue weighted by atomic mass is 32.1. The van der Waals surface area contributed by atoms with Crippen LogP contribution in [-0.2, 0) is 4.79 Å². The van der Waals surface area contributed by atoms with E-state index in [9.17, 15) is 4.79 Å². The van der Waals surface area contributed by atoms with Gasteiger partial charge in [0.05, 0.1) is 0 Å². The molecule has 0 aromatic carbocycles. The van der Waals surface area contributed by atoms with Crippen LogP contribution in [0.25, 0.3) is 0 Å². The number of fused-ring (bicyclic) bond motifs is 1. The average Bonchev–Trinajstić information content (AvgIpc) is 2.74. The molecule has 0 aliphatic carbocycles. The quantitative estimate of drug-likeness (QED) is 0.485. The Morgan fingerprint density at radius 3 is 2.43 bits per heavy atom. The summed E-state index contributed by atoms with van der Waals surface area (Å²) < 4.78 is 2.06. The third-order valence-corrected chi connectivity index (χ3v) is 3.25. The van der Waals surface area contributed by atoms with Crippen LogP contribution < -0.4 is 0 Å². The summed E-state index contributed by atoms with van der Waals surface area (Å²) in [5.41, 5.74) is 0. The van der Waals surface area contributed by atoms with Crippen molar-refractivity contribution in [3.8, 4) is 0 Å². The SMILES string of the molecule is O=C1C[C@H]2CC=CN12.SN1CCCC1. The van der Waals surface area contributed by atoms with Crippen LogP contribution in [0.2, 0.25) is 0 Å². The monoisotopic (exact) mass is 212 g/mol. The zero-order valence-corrected chi connectivity index (χ0v) is 9.12. The van der Waals surface area contributed by atoms with Crippen LogP contribution in [0.3, 0.4) is 0 Å². The number of rotatable bonds is 0. The van der Waals surface area contributed by atoms with Gasteiger partial charge in [0.15, 0.2) is 0 Å². The number of hydrogen-bond acceptors (Lipinski definition) is 3. The summed E-state index contributed by atoms with van der Waals surface area (Å²) in [7, 11) is 0. The maximum absolute atomic E-state index is 10.6. The van der Waals surface area contributed by atoms with Crippen molar-refractivity contribution in [3.63, 3.8) is 0 Å². The number of carbonyl (C=O) groups is 1. The molecule has 0 unspecified atom stereocenters. The van der Waals surface area contributed by atoms with E-state index in [4.69, 9.17) is 0 Å². The summed E-state index contributed by atoms with van der Waals surface area (Å²) in [5.74, 6) is 0.281. The molecule has 4 heteroatoms. The number of carbonyl (C=O) groups excluding carboxylic acids is 1. The molecule has 3 heterocycles. The molecule has 2 fully saturated rings. The number of β-lactam (4-membered cyclic amide) rings is 1. The molecule has 3 aliphatic rings. The minimum atomic E-state index is 0.281. The van der Waals surface area contributed by atoms with Crippen LogP contribution in [0.1, 0.15) is 25.7 Å². The van der Waals surface area contributed by atoms with Gasteiger partial charge in [-0.1, -0.05) is 18.9 Å². The molecule has 3 rings (SSSR count). The lowest BCUT2D eigenvalue weighted by molar-refractivity contribution is -0.140. The molecule has 0 aromatic rings. The molecule has 1 amide bonds. The predicted molar refractivity (Wildman–Crippen MR) is 58.8 cm³/mol. The molecule has 0 aromatic heterocycles. The summed E-state index contributed by atoms with van der Waals surface area (Å²) in [4.78, 5) is 12.4. The number of amides is 1. The van der Waals surface area contributed by atoms with Crippen LogP contribution in [-0.4, -0.2) is 34.2 Å². The van der Waals surface area contributed by atoms with E-state index in [1.54, 1.807) is 4.90 Å². The fourth-order valence-electron chi connectivity index (χ4n) is 1.93. The Hall–Kier alpha value is -0.480. The van der Waals surface area contributed by atoms with Crippen molar-refractivity contribution < 1.29 is 4.79 Å². The van der Waals surface area contributed by atoms with Crippen LogP contribution in [0.5, 0.6) is 0 Å². The molecule has 3 aliphatic heterocycles. The van der Waals surface area contributed by atoms with Crippen molar-refractivity contribution in [1.82, 2.24) is 9.21 Å². The van der Waals surface area contributed by atoms with E-state index >= 15 is 0 Å². The maximum atomic E-state index is 10.6. The van der Waals surface area contributed by atoms with E-state index in [1.807, 2.05) is 6.20 Å². The zero-order valence-electron chi connectivity index (χ0n) is 8.22. The van der Waals surface area contributed by atoms with Crippen LogP contribution in [0, 0.1) is 0 Å². The lowest BCUT2D eigenvalue weighted by atomic mass is 10.0. The summed E-state index contributed by atoms with van der Waals surface area (Å²) in [5, 5.41) is 0. The second-order valence-corrected chi connectivity index (χ2v) is 4.51. The van der Waals surface area contributed by atoms with Crippen molar-refractivity contribution >= 4 is 18.7 Å². The number of nitrogens with zero attached hydrogens (tertiary/aromatic N) is 2. The molecule has 0 radical (unpaired) electrons. The first-order valence-electron chi connectivity index (χ1n) is 5.19. The molecule has 3 nitrogen and oxygen atoms in total. The molecule has 2 saturated heterocycles. The molecular weight excluding hydrogens is 196 g/mol. The van der Waals surface area contributed by atoms with E-state index in [-0.39, 0.29) is 5.91 Å². The molecule has 78 valence electrons. The van der Waals surface area contributed by atoms with Gasteiger partial charge in [-0.2, -0.15) is 0 Å². The first kappa shape index (κ1) is 10.1. The first-order valence-corrected chi connectivity index (χ1v) is 5.59. The van der Waals surface area contributed by atoms with Gasteiger partial charge in [-0.3, -0.25) is 9.10 Å². The van der Waals surface area contributed by atoms with Gasteiger partial charge in [0.25, 0.3) is 0 Å². The molecule has 0 bridgehead atoms. The fourth-order valence-corrected chi connectivity index (χ4v) is 2.21. The Bertz CT molecular complexity index is 249. The van der Waals surface area contributed by atoms with E-state index in [1.165, 1.54) is 25.9 Å². The summed E-state index contributed by atoms with van der Waals surface area (Å²) in [6, 6.07) is 0.544. The second-order valence-electron chi connectivity index (χ2n) is 3.94. The summed E-state index contributed by atoms with van der Waals surface area (Å²) >= 11 is 4.13. The topological polar surface area (TPSA) is 23.6 Å². The van der Waals surface area contributed by atoms with Crippen molar-refractivity contribution in [1.29, 1.82) is 0 Å². The van der Waals surface area contributed by atoms with Gasteiger partial charge in [-0.15, -0.1) is 0 Å². The Labute approximate surface area is 90.3 Å². The van der Waals surface area contributed by atoms with Gasteiger partial charge in [-0.05, 0) is 19.3 Å². The molecule has 1 atom stereocenters. The summed E-state index contributed by atoms with van der Waals surface area (Å²) in [6.45, 7) is 2.37. The van der Waals surface area contributed by atoms with Crippen LogP contribution >= 0.6 is 12.8 Å². The van der Waals surface area contributed by atoms with Crippen molar-refractivity contribution in [2.75, 3.05) is 13.1 Å². The van der Waals surface area contributed by atoms with Gasteiger partial charge in [0.2, 0.25) is 5.91 Å². The molecule has 14 heavy (non-hydrogen) atoms. The molecule has 0 saturated carbocycles. The normalized spacial score (nSPS) is 29.6.